The summed E-state index contributed by atoms with van der Waals surface area (Å²) in [7, 11) is 0. The van der Waals surface area contributed by atoms with E-state index in [1.54, 1.807) is 36.4 Å². The smallest absolute Gasteiger partial charge is 0.391 e. The van der Waals surface area contributed by atoms with E-state index in [1.807, 2.05) is 0 Å². The third-order valence-electron chi connectivity index (χ3n) is 6.13. The minimum Gasteiger partial charge on any atom is -0.481 e. The first-order valence-electron chi connectivity index (χ1n) is 10.6. The Balaban J connectivity index is 1.46. The minimum absolute atomic E-state index is 0.0684. The quantitative estimate of drug-likeness (QED) is 0.495. The van der Waals surface area contributed by atoms with E-state index in [4.69, 9.17) is 23.2 Å². The Labute approximate surface area is 203 Å². The maximum Gasteiger partial charge on any atom is 0.391 e. The predicted octanol–water partition coefficient (Wildman–Crippen LogP) is 6.19. The van der Waals surface area contributed by atoms with E-state index in [0.717, 1.165) is 5.56 Å². The Hall–Kier alpha value is -2.71. The Morgan fingerprint density at radius 2 is 1.65 bits per heavy atom. The Bertz CT molecular complexity index is 1120. The summed E-state index contributed by atoms with van der Waals surface area (Å²) >= 11 is 12.8. The van der Waals surface area contributed by atoms with Gasteiger partial charge >= 0.3 is 12.1 Å². The zero-order valence-corrected chi connectivity index (χ0v) is 19.3. The van der Waals surface area contributed by atoms with Gasteiger partial charge in [0.1, 0.15) is 0 Å². The highest BCUT2D eigenvalue weighted by atomic mass is 35.5. The van der Waals surface area contributed by atoms with Crippen LogP contribution in [-0.2, 0) is 16.0 Å². The van der Waals surface area contributed by atoms with Gasteiger partial charge in [0.15, 0.2) is 0 Å². The zero-order valence-electron chi connectivity index (χ0n) is 17.7. The number of hydrogen-bond donors (Lipinski definition) is 1. The van der Waals surface area contributed by atoms with Crippen LogP contribution < -0.4 is 0 Å². The van der Waals surface area contributed by atoms with Crippen molar-refractivity contribution in [3.8, 4) is 11.1 Å². The first-order chi connectivity index (χ1) is 16.0. The number of esters is 1. The van der Waals surface area contributed by atoms with Crippen molar-refractivity contribution in [1.82, 2.24) is 4.90 Å². The van der Waals surface area contributed by atoms with E-state index >= 15 is 0 Å². The summed E-state index contributed by atoms with van der Waals surface area (Å²) < 4.78 is 43.2. The van der Waals surface area contributed by atoms with Gasteiger partial charge in [-0.05, 0) is 60.2 Å². The molecule has 2 aliphatic heterocycles. The molecule has 2 aliphatic rings. The van der Waals surface area contributed by atoms with E-state index in [0.29, 0.717) is 26.7 Å². The number of aliphatic hydroxyl groups is 1. The second kappa shape index (κ2) is 9.50. The number of nitrogens with zero attached hydrogens (tertiary/aromatic N) is 1. The third-order valence-corrected chi connectivity index (χ3v) is 6.80. The van der Waals surface area contributed by atoms with Crippen molar-refractivity contribution >= 4 is 35.1 Å². The first kappa shape index (κ1) is 24.4. The summed E-state index contributed by atoms with van der Waals surface area (Å²) in [6, 6.07) is 10.0. The minimum atomic E-state index is -4.23. The van der Waals surface area contributed by atoms with Gasteiger partial charge in [-0.1, -0.05) is 35.3 Å². The topological polar surface area (TPSA) is 66.8 Å². The number of likely N-dealkylation sites (tertiary alicyclic amines) is 1. The lowest BCUT2D eigenvalue weighted by Crippen LogP contribution is -2.42. The lowest BCUT2D eigenvalue weighted by atomic mass is 9.95. The van der Waals surface area contributed by atoms with Crippen molar-refractivity contribution in [2.45, 2.75) is 25.4 Å². The van der Waals surface area contributed by atoms with Crippen LogP contribution in [0.2, 0.25) is 10.0 Å². The highest BCUT2D eigenvalue weighted by Crippen LogP contribution is 2.36. The van der Waals surface area contributed by atoms with Crippen LogP contribution in [0.15, 0.2) is 48.4 Å². The first-order valence-corrected chi connectivity index (χ1v) is 11.4. The second-order valence-electron chi connectivity index (χ2n) is 8.34. The van der Waals surface area contributed by atoms with Gasteiger partial charge in [-0.2, -0.15) is 13.2 Å². The number of benzene rings is 2. The number of ether oxygens (including phenoxy) is 1. The van der Waals surface area contributed by atoms with Crippen molar-refractivity contribution < 1.29 is 32.6 Å². The average molecular weight is 514 g/mol. The van der Waals surface area contributed by atoms with Gasteiger partial charge in [-0.25, -0.2) is 0 Å². The Morgan fingerprint density at radius 1 is 1.06 bits per heavy atom. The van der Waals surface area contributed by atoms with Gasteiger partial charge in [-0.3, -0.25) is 9.59 Å². The molecule has 2 heterocycles. The van der Waals surface area contributed by atoms with Crippen LogP contribution in [-0.4, -0.2) is 41.1 Å². The van der Waals surface area contributed by atoms with Crippen LogP contribution in [0.5, 0.6) is 0 Å². The average Bonchev–Trinajstić information content (AvgIpc) is 3.11. The molecule has 0 bridgehead atoms. The number of amides is 1. The van der Waals surface area contributed by atoms with Crippen molar-refractivity contribution in [3.05, 3.63) is 69.6 Å². The lowest BCUT2D eigenvalue weighted by Gasteiger charge is -2.33. The van der Waals surface area contributed by atoms with Crippen LogP contribution in [0, 0.1) is 11.8 Å². The number of carbonyl (C=O) groups excluding carboxylic acids is 2. The summed E-state index contributed by atoms with van der Waals surface area (Å²) in [6.07, 6.45) is -2.95. The maximum absolute atomic E-state index is 12.9. The van der Waals surface area contributed by atoms with E-state index < -0.39 is 29.9 Å². The number of carbonyl (C=O) groups is 2. The lowest BCUT2D eigenvalue weighted by molar-refractivity contribution is -0.183. The van der Waals surface area contributed by atoms with Crippen LogP contribution in [0.4, 0.5) is 13.2 Å². The number of hydrogen-bond acceptors (Lipinski definition) is 4. The van der Waals surface area contributed by atoms with E-state index in [2.05, 4.69) is 4.74 Å². The SMILES string of the molecule is O=C1OC(O)=CC1Cc1c(Cl)cc(-c2ccc(C(=O)N3CCC(C(F)(F)F)CC3)cc2)cc1Cl. The number of alkyl halides is 3. The number of piperidine rings is 1. The Kier molecular flexibility index (Phi) is 6.82. The van der Waals surface area contributed by atoms with Crippen LogP contribution in [0.3, 0.4) is 0 Å². The molecule has 2 aromatic carbocycles. The predicted molar refractivity (Wildman–Crippen MR) is 121 cm³/mol. The van der Waals surface area contributed by atoms with Crippen molar-refractivity contribution in [1.29, 1.82) is 0 Å². The number of cyclic esters (lactones) is 1. The fourth-order valence-corrected chi connectivity index (χ4v) is 4.82. The van der Waals surface area contributed by atoms with Crippen LogP contribution >= 0.6 is 23.2 Å². The molecule has 0 spiro atoms. The van der Waals surface area contributed by atoms with Crippen LogP contribution in [0.1, 0.15) is 28.8 Å². The van der Waals surface area contributed by atoms with Gasteiger partial charge in [-0.15, -0.1) is 0 Å². The van der Waals surface area contributed by atoms with Crippen molar-refractivity contribution in [3.63, 3.8) is 0 Å². The third kappa shape index (κ3) is 5.18. The molecule has 1 N–H and O–H groups in total. The maximum atomic E-state index is 12.9. The molecule has 180 valence electrons. The molecule has 0 aliphatic carbocycles. The molecule has 0 aromatic heterocycles. The standard InChI is InChI=1S/C24H20Cl2F3NO4/c25-19-10-15(11-20(26)18(19)9-16-12-21(31)34-23(16)33)13-1-3-14(4-2-13)22(32)30-7-5-17(6-8-30)24(27,28)29/h1-4,10-12,16-17,31H,5-9H2. The largest absolute Gasteiger partial charge is 0.481 e. The molecule has 1 amide bonds. The fourth-order valence-electron chi connectivity index (χ4n) is 4.18. The normalized spacial score (nSPS) is 19.2. The summed E-state index contributed by atoms with van der Waals surface area (Å²) in [5, 5.41) is 10.0. The number of halogens is 5. The molecule has 1 unspecified atom stereocenters. The molecular weight excluding hydrogens is 494 g/mol. The van der Waals surface area contributed by atoms with Gasteiger partial charge in [0.2, 0.25) is 0 Å². The highest BCUT2D eigenvalue weighted by Gasteiger charge is 2.41. The van der Waals surface area contributed by atoms with Gasteiger partial charge in [0, 0.05) is 34.8 Å². The monoisotopic (exact) mass is 513 g/mol. The summed E-state index contributed by atoms with van der Waals surface area (Å²) in [6.45, 7) is 0.137. The Morgan fingerprint density at radius 3 is 2.15 bits per heavy atom. The molecule has 1 fully saturated rings. The van der Waals surface area contributed by atoms with E-state index in [9.17, 15) is 27.9 Å². The highest BCUT2D eigenvalue weighted by molar-refractivity contribution is 6.36. The van der Waals surface area contributed by atoms with E-state index in [-0.39, 0.29) is 38.3 Å². The molecule has 0 saturated carbocycles. The molecule has 5 nitrogen and oxygen atoms in total. The number of rotatable bonds is 4. The second-order valence-corrected chi connectivity index (χ2v) is 9.15. The van der Waals surface area contributed by atoms with Gasteiger partial charge in [0.25, 0.3) is 11.9 Å². The molecular formula is C24H20Cl2F3NO4. The number of aliphatic hydroxyl groups excluding tert-OH is 1. The molecule has 2 aromatic rings. The molecule has 1 atom stereocenters. The molecule has 0 radical (unpaired) electrons. The molecule has 1 saturated heterocycles. The summed E-state index contributed by atoms with van der Waals surface area (Å²) in [5.41, 5.74) is 2.35. The fraction of sp³-hybridized carbons (Fsp3) is 0.333. The van der Waals surface area contributed by atoms with Crippen molar-refractivity contribution in [2.75, 3.05) is 13.1 Å². The van der Waals surface area contributed by atoms with Gasteiger partial charge < -0.3 is 14.7 Å². The molecule has 10 heteroatoms. The summed E-state index contributed by atoms with van der Waals surface area (Å²) in [5.74, 6) is -3.39. The molecule has 34 heavy (non-hydrogen) atoms. The van der Waals surface area contributed by atoms with Crippen molar-refractivity contribution in [2.24, 2.45) is 11.8 Å². The molecule has 4 rings (SSSR count). The zero-order chi connectivity index (χ0) is 24.6. The summed E-state index contributed by atoms with van der Waals surface area (Å²) in [4.78, 5) is 25.9. The van der Waals surface area contributed by atoms with Gasteiger partial charge in [0.05, 0.1) is 11.8 Å². The van der Waals surface area contributed by atoms with Crippen LogP contribution in [0.25, 0.3) is 11.1 Å². The van der Waals surface area contributed by atoms with E-state index in [1.165, 1.54) is 11.0 Å².